The van der Waals surface area contributed by atoms with Gasteiger partial charge in [-0.25, -0.2) is 12.8 Å². The lowest BCUT2D eigenvalue weighted by Crippen LogP contribution is -2.34. The molecular weight excluding hydrogens is 255 g/mol. The van der Waals surface area contributed by atoms with Crippen molar-refractivity contribution in [3.8, 4) is 6.07 Å². The molecule has 96 valence electrons. The van der Waals surface area contributed by atoms with Crippen molar-refractivity contribution in [2.75, 3.05) is 6.54 Å². The second-order valence-electron chi connectivity index (χ2n) is 4.31. The maximum atomic E-state index is 13.1. The molecule has 18 heavy (non-hydrogen) atoms. The average Bonchev–Trinajstić information content (AvgIpc) is 2.81. The number of nitriles is 1. The van der Waals surface area contributed by atoms with Crippen LogP contribution in [0.1, 0.15) is 18.4 Å². The van der Waals surface area contributed by atoms with E-state index in [4.69, 9.17) is 5.26 Å². The van der Waals surface area contributed by atoms with Crippen molar-refractivity contribution in [3.05, 3.63) is 29.6 Å². The summed E-state index contributed by atoms with van der Waals surface area (Å²) in [6.07, 6.45) is 1.23. The van der Waals surface area contributed by atoms with Crippen LogP contribution >= 0.6 is 0 Å². The largest absolute Gasteiger partial charge is 0.244 e. The first-order valence-corrected chi connectivity index (χ1v) is 7.08. The van der Waals surface area contributed by atoms with Crippen LogP contribution in [0, 0.1) is 24.1 Å². The summed E-state index contributed by atoms with van der Waals surface area (Å²) in [5.74, 6) is -0.438. The molecule has 1 fully saturated rings. The molecule has 4 nitrogen and oxygen atoms in total. The molecule has 0 amide bonds. The van der Waals surface area contributed by atoms with Crippen LogP contribution in [0.25, 0.3) is 0 Å². The Morgan fingerprint density at radius 2 is 2.22 bits per heavy atom. The Labute approximate surface area is 106 Å². The molecule has 0 spiro atoms. The van der Waals surface area contributed by atoms with Crippen LogP contribution in [0.2, 0.25) is 0 Å². The second-order valence-corrected chi connectivity index (χ2v) is 6.20. The molecule has 1 saturated heterocycles. The van der Waals surface area contributed by atoms with E-state index < -0.39 is 21.9 Å². The summed E-state index contributed by atoms with van der Waals surface area (Å²) < 4.78 is 39.0. The molecule has 1 aliphatic heterocycles. The molecule has 1 aromatic rings. The first-order valence-electron chi connectivity index (χ1n) is 5.64. The Balaban J connectivity index is 2.42. The molecule has 1 unspecified atom stereocenters. The van der Waals surface area contributed by atoms with E-state index in [1.165, 1.54) is 23.4 Å². The summed E-state index contributed by atoms with van der Waals surface area (Å²) in [4.78, 5) is 0.0450. The Hall–Kier alpha value is -1.45. The highest BCUT2D eigenvalue weighted by molar-refractivity contribution is 7.89. The SMILES string of the molecule is Cc1cc(S(=O)(=O)N2CCCC2C#N)ccc1F. The molecule has 1 heterocycles. The highest BCUT2D eigenvalue weighted by Crippen LogP contribution is 2.26. The van der Waals surface area contributed by atoms with Gasteiger partial charge in [0, 0.05) is 6.54 Å². The minimum absolute atomic E-state index is 0.0450. The van der Waals surface area contributed by atoms with E-state index in [-0.39, 0.29) is 10.5 Å². The lowest BCUT2D eigenvalue weighted by Gasteiger charge is -2.19. The average molecular weight is 268 g/mol. The molecule has 0 radical (unpaired) electrons. The fourth-order valence-electron chi connectivity index (χ4n) is 2.07. The van der Waals surface area contributed by atoms with Crippen LogP contribution in [0.15, 0.2) is 23.1 Å². The van der Waals surface area contributed by atoms with Crippen molar-refractivity contribution in [2.45, 2.75) is 30.7 Å². The third-order valence-corrected chi connectivity index (χ3v) is 4.99. The van der Waals surface area contributed by atoms with Gasteiger partial charge < -0.3 is 0 Å². The molecule has 0 bridgehead atoms. The van der Waals surface area contributed by atoms with Gasteiger partial charge >= 0.3 is 0 Å². The fraction of sp³-hybridized carbons (Fsp3) is 0.417. The first-order chi connectivity index (χ1) is 8.46. The third-order valence-electron chi connectivity index (χ3n) is 3.09. The predicted molar refractivity (Wildman–Crippen MR) is 63.7 cm³/mol. The molecular formula is C12H13FN2O2S. The molecule has 0 saturated carbocycles. The summed E-state index contributed by atoms with van der Waals surface area (Å²) in [7, 11) is -3.70. The zero-order valence-electron chi connectivity index (χ0n) is 9.93. The maximum Gasteiger partial charge on any atom is 0.244 e. The zero-order chi connectivity index (χ0) is 13.3. The summed E-state index contributed by atoms with van der Waals surface area (Å²) >= 11 is 0. The monoisotopic (exact) mass is 268 g/mol. The van der Waals surface area contributed by atoms with Gasteiger partial charge in [0.15, 0.2) is 0 Å². The van der Waals surface area contributed by atoms with E-state index in [0.29, 0.717) is 19.4 Å². The molecule has 0 aliphatic carbocycles. The second kappa shape index (κ2) is 4.67. The van der Waals surface area contributed by atoms with Gasteiger partial charge in [-0.3, -0.25) is 0 Å². The summed E-state index contributed by atoms with van der Waals surface area (Å²) in [6.45, 7) is 1.86. The molecule has 1 aliphatic rings. The van der Waals surface area contributed by atoms with Gasteiger partial charge in [0.05, 0.1) is 11.0 Å². The summed E-state index contributed by atoms with van der Waals surface area (Å²) in [5.41, 5.74) is 0.281. The summed E-state index contributed by atoms with van der Waals surface area (Å²) in [6, 6.07) is 5.06. The standard InChI is InChI=1S/C12H13FN2O2S/c1-9-7-11(4-5-12(9)13)18(16,17)15-6-2-3-10(15)8-14/h4-5,7,10H,2-3,6H2,1H3. The Kier molecular flexibility index (Phi) is 3.37. The highest BCUT2D eigenvalue weighted by Gasteiger charge is 2.35. The lowest BCUT2D eigenvalue weighted by atomic mass is 10.2. The quantitative estimate of drug-likeness (QED) is 0.821. The Morgan fingerprint density at radius 3 is 2.83 bits per heavy atom. The molecule has 0 aromatic heterocycles. The zero-order valence-corrected chi connectivity index (χ0v) is 10.7. The fourth-order valence-corrected chi connectivity index (χ4v) is 3.76. The van der Waals surface area contributed by atoms with Crippen LogP contribution in [0.5, 0.6) is 0 Å². The van der Waals surface area contributed by atoms with Crippen LogP contribution in [-0.2, 0) is 10.0 Å². The number of benzene rings is 1. The van der Waals surface area contributed by atoms with Crippen LogP contribution < -0.4 is 0 Å². The van der Waals surface area contributed by atoms with Crippen LogP contribution in [0.3, 0.4) is 0 Å². The maximum absolute atomic E-state index is 13.1. The van der Waals surface area contributed by atoms with Gasteiger partial charge in [0.25, 0.3) is 0 Å². The van der Waals surface area contributed by atoms with Crippen molar-refractivity contribution < 1.29 is 12.8 Å². The minimum atomic E-state index is -3.70. The van der Waals surface area contributed by atoms with Crippen molar-refractivity contribution >= 4 is 10.0 Å². The molecule has 0 N–H and O–H groups in total. The van der Waals surface area contributed by atoms with E-state index in [0.717, 1.165) is 6.07 Å². The minimum Gasteiger partial charge on any atom is -0.207 e. The lowest BCUT2D eigenvalue weighted by molar-refractivity contribution is 0.437. The van der Waals surface area contributed by atoms with E-state index in [2.05, 4.69) is 0 Å². The van der Waals surface area contributed by atoms with Gasteiger partial charge in [0.1, 0.15) is 11.9 Å². The van der Waals surface area contributed by atoms with E-state index in [1.54, 1.807) is 0 Å². The predicted octanol–water partition coefficient (Wildman–Crippen LogP) is 1.81. The van der Waals surface area contributed by atoms with Gasteiger partial charge in [0.2, 0.25) is 10.0 Å². The number of rotatable bonds is 2. The van der Waals surface area contributed by atoms with E-state index in [1.807, 2.05) is 6.07 Å². The molecule has 1 atom stereocenters. The van der Waals surface area contributed by atoms with Crippen LogP contribution in [0.4, 0.5) is 4.39 Å². The first kappa shape index (κ1) is 13.0. The third kappa shape index (κ3) is 2.11. The van der Waals surface area contributed by atoms with Gasteiger partial charge in [-0.1, -0.05) is 0 Å². The molecule has 2 rings (SSSR count). The molecule has 1 aromatic carbocycles. The van der Waals surface area contributed by atoms with Crippen molar-refractivity contribution in [1.29, 1.82) is 5.26 Å². The Morgan fingerprint density at radius 1 is 1.50 bits per heavy atom. The van der Waals surface area contributed by atoms with E-state index >= 15 is 0 Å². The number of sulfonamides is 1. The van der Waals surface area contributed by atoms with E-state index in [9.17, 15) is 12.8 Å². The molecule has 6 heteroatoms. The van der Waals surface area contributed by atoms with Crippen molar-refractivity contribution in [3.63, 3.8) is 0 Å². The number of halogens is 1. The normalized spacial score (nSPS) is 20.8. The topological polar surface area (TPSA) is 61.2 Å². The van der Waals surface area contributed by atoms with Gasteiger partial charge in [-0.05, 0) is 43.5 Å². The highest BCUT2D eigenvalue weighted by atomic mass is 32.2. The van der Waals surface area contributed by atoms with Gasteiger partial charge in [-0.2, -0.15) is 9.57 Å². The number of hydrogen-bond acceptors (Lipinski definition) is 3. The Bertz CT molecular complexity index is 607. The smallest absolute Gasteiger partial charge is 0.207 e. The van der Waals surface area contributed by atoms with Gasteiger partial charge in [-0.15, -0.1) is 0 Å². The van der Waals surface area contributed by atoms with Crippen molar-refractivity contribution in [1.82, 2.24) is 4.31 Å². The number of hydrogen-bond donors (Lipinski definition) is 0. The van der Waals surface area contributed by atoms with Crippen molar-refractivity contribution in [2.24, 2.45) is 0 Å². The number of aryl methyl sites for hydroxylation is 1. The van der Waals surface area contributed by atoms with Crippen LogP contribution in [-0.4, -0.2) is 25.3 Å². The number of nitrogens with zero attached hydrogens (tertiary/aromatic N) is 2. The summed E-state index contributed by atoms with van der Waals surface area (Å²) in [5, 5.41) is 8.93.